The first-order valence-electron chi connectivity index (χ1n) is 6.86. The molecular formula is C15H19Cl2NO2. The molecule has 0 aliphatic heterocycles. The molecular weight excluding hydrogens is 297 g/mol. The largest absolute Gasteiger partial charge is 0.391 e. The van der Waals surface area contributed by atoms with Crippen molar-refractivity contribution in [2.24, 2.45) is 0 Å². The summed E-state index contributed by atoms with van der Waals surface area (Å²) in [7, 11) is 1.76. The van der Waals surface area contributed by atoms with Crippen LogP contribution in [0.3, 0.4) is 0 Å². The number of carbonyl (C=O) groups is 1. The van der Waals surface area contributed by atoms with E-state index in [2.05, 4.69) is 0 Å². The first-order valence-corrected chi connectivity index (χ1v) is 7.62. The number of likely N-dealkylation sites (N-methyl/N-ethyl adjacent to an activating group) is 1. The molecule has 1 aliphatic rings. The van der Waals surface area contributed by atoms with Crippen molar-refractivity contribution in [1.82, 2.24) is 4.90 Å². The Kier molecular flexibility index (Phi) is 5.30. The first kappa shape index (κ1) is 15.6. The zero-order chi connectivity index (χ0) is 14.7. The van der Waals surface area contributed by atoms with Crippen LogP contribution in [0.25, 0.3) is 0 Å². The van der Waals surface area contributed by atoms with Crippen molar-refractivity contribution >= 4 is 29.1 Å². The number of amides is 1. The van der Waals surface area contributed by atoms with Gasteiger partial charge in [-0.15, -0.1) is 0 Å². The van der Waals surface area contributed by atoms with Crippen LogP contribution in [-0.4, -0.2) is 35.1 Å². The Labute approximate surface area is 129 Å². The quantitative estimate of drug-likeness (QED) is 0.929. The summed E-state index contributed by atoms with van der Waals surface area (Å²) in [6.45, 7) is 0. The molecule has 2 unspecified atom stereocenters. The van der Waals surface area contributed by atoms with E-state index in [1.54, 1.807) is 30.1 Å². The Morgan fingerprint density at radius 1 is 1.30 bits per heavy atom. The second-order valence-corrected chi connectivity index (χ2v) is 6.16. The summed E-state index contributed by atoms with van der Waals surface area (Å²) in [6.07, 6.45) is 3.60. The lowest BCUT2D eigenvalue weighted by Crippen LogP contribution is -2.46. The number of hydrogen-bond donors (Lipinski definition) is 1. The van der Waals surface area contributed by atoms with Crippen molar-refractivity contribution < 1.29 is 9.90 Å². The Balaban J connectivity index is 2.01. The smallest absolute Gasteiger partial charge is 0.227 e. The Morgan fingerprint density at radius 3 is 2.65 bits per heavy atom. The minimum absolute atomic E-state index is 0.00524. The van der Waals surface area contributed by atoms with Crippen LogP contribution in [0.5, 0.6) is 0 Å². The van der Waals surface area contributed by atoms with Gasteiger partial charge < -0.3 is 10.0 Å². The van der Waals surface area contributed by atoms with Crippen molar-refractivity contribution in [3.8, 4) is 0 Å². The molecule has 0 heterocycles. The van der Waals surface area contributed by atoms with Crippen molar-refractivity contribution in [2.45, 2.75) is 44.2 Å². The molecule has 0 radical (unpaired) electrons. The van der Waals surface area contributed by atoms with Crippen LogP contribution in [0.15, 0.2) is 18.2 Å². The molecule has 1 amide bonds. The predicted molar refractivity (Wildman–Crippen MR) is 81.2 cm³/mol. The number of halogens is 2. The van der Waals surface area contributed by atoms with Crippen LogP contribution < -0.4 is 0 Å². The fourth-order valence-corrected chi connectivity index (χ4v) is 3.00. The number of benzene rings is 1. The highest BCUT2D eigenvalue weighted by molar-refractivity contribution is 6.42. The number of nitrogens with zero attached hydrogens (tertiary/aromatic N) is 1. The van der Waals surface area contributed by atoms with E-state index in [4.69, 9.17) is 23.2 Å². The summed E-state index contributed by atoms with van der Waals surface area (Å²) in [5, 5.41) is 10.9. The number of aliphatic hydroxyl groups excluding tert-OH is 1. The van der Waals surface area contributed by atoms with Gasteiger partial charge in [0.15, 0.2) is 0 Å². The molecule has 110 valence electrons. The third kappa shape index (κ3) is 3.66. The van der Waals surface area contributed by atoms with Gasteiger partial charge in [-0.3, -0.25) is 4.79 Å². The first-order chi connectivity index (χ1) is 9.49. The minimum Gasteiger partial charge on any atom is -0.391 e. The van der Waals surface area contributed by atoms with E-state index in [9.17, 15) is 9.90 Å². The lowest BCUT2D eigenvalue weighted by Gasteiger charge is -2.35. The third-order valence-electron chi connectivity index (χ3n) is 3.92. The van der Waals surface area contributed by atoms with Gasteiger partial charge in [0.2, 0.25) is 5.91 Å². The second-order valence-electron chi connectivity index (χ2n) is 5.35. The van der Waals surface area contributed by atoms with Crippen LogP contribution in [0.2, 0.25) is 10.0 Å². The molecule has 5 heteroatoms. The minimum atomic E-state index is -0.411. The van der Waals surface area contributed by atoms with Gasteiger partial charge in [0.1, 0.15) is 0 Å². The normalized spacial score (nSPS) is 22.6. The van der Waals surface area contributed by atoms with E-state index in [0.29, 0.717) is 10.0 Å². The molecule has 1 N–H and O–H groups in total. The molecule has 1 saturated carbocycles. The molecule has 2 atom stereocenters. The monoisotopic (exact) mass is 315 g/mol. The van der Waals surface area contributed by atoms with E-state index >= 15 is 0 Å². The highest BCUT2D eigenvalue weighted by atomic mass is 35.5. The van der Waals surface area contributed by atoms with Crippen LogP contribution in [0.4, 0.5) is 0 Å². The summed E-state index contributed by atoms with van der Waals surface area (Å²) in [6, 6.07) is 5.14. The molecule has 1 fully saturated rings. The average Bonchev–Trinajstić information content (AvgIpc) is 2.42. The maximum absolute atomic E-state index is 12.3. The second kappa shape index (κ2) is 6.79. The van der Waals surface area contributed by atoms with E-state index in [-0.39, 0.29) is 18.4 Å². The lowest BCUT2D eigenvalue weighted by atomic mass is 9.91. The van der Waals surface area contributed by atoms with Gasteiger partial charge in [-0.2, -0.15) is 0 Å². The van der Waals surface area contributed by atoms with Gasteiger partial charge >= 0.3 is 0 Å². The van der Waals surface area contributed by atoms with Gasteiger partial charge in [-0.25, -0.2) is 0 Å². The molecule has 20 heavy (non-hydrogen) atoms. The molecule has 0 spiro atoms. The maximum Gasteiger partial charge on any atom is 0.227 e. The van der Waals surface area contributed by atoms with E-state index in [1.165, 1.54) is 0 Å². The van der Waals surface area contributed by atoms with Gasteiger partial charge in [-0.1, -0.05) is 42.1 Å². The van der Waals surface area contributed by atoms with Crippen LogP contribution in [0, 0.1) is 0 Å². The van der Waals surface area contributed by atoms with E-state index in [1.807, 2.05) is 0 Å². The number of carbonyl (C=O) groups excluding carboxylic acids is 1. The molecule has 2 rings (SSSR count). The van der Waals surface area contributed by atoms with Crippen molar-refractivity contribution in [2.75, 3.05) is 7.05 Å². The maximum atomic E-state index is 12.3. The van der Waals surface area contributed by atoms with E-state index in [0.717, 1.165) is 31.2 Å². The number of rotatable bonds is 3. The summed E-state index contributed by atoms with van der Waals surface area (Å²) in [5.41, 5.74) is 0.835. The molecule has 3 nitrogen and oxygen atoms in total. The van der Waals surface area contributed by atoms with Gasteiger partial charge in [0.25, 0.3) is 0 Å². The molecule has 1 aliphatic carbocycles. The van der Waals surface area contributed by atoms with Crippen LogP contribution in [-0.2, 0) is 11.2 Å². The van der Waals surface area contributed by atoms with Crippen molar-refractivity contribution in [1.29, 1.82) is 0 Å². The highest BCUT2D eigenvalue weighted by Crippen LogP contribution is 2.25. The van der Waals surface area contributed by atoms with Gasteiger partial charge in [-0.05, 0) is 30.5 Å². The van der Waals surface area contributed by atoms with Crippen LogP contribution in [0.1, 0.15) is 31.2 Å². The summed E-state index contributed by atoms with van der Waals surface area (Å²) >= 11 is 11.8. The molecule has 0 aromatic heterocycles. The Bertz CT molecular complexity index is 493. The zero-order valence-electron chi connectivity index (χ0n) is 11.5. The third-order valence-corrected chi connectivity index (χ3v) is 4.66. The standard InChI is InChI=1S/C15H19Cl2NO2/c1-18(13-4-2-3-5-14(13)19)15(20)9-10-6-7-11(16)12(17)8-10/h6-8,13-14,19H,2-5,9H2,1H3. The number of aliphatic hydroxyl groups is 1. The fourth-order valence-electron chi connectivity index (χ4n) is 2.68. The highest BCUT2D eigenvalue weighted by Gasteiger charge is 2.29. The van der Waals surface area contributed by atoms with Crippen molar-refractivity contribution in [3.63, 3.8) is 0 Å². The Morgan fingerprint density at radius 2 is 2.00 bits per heavy atom. The molecule has 1 aromatic rings. The van der Waals surface area contributed by atoms with Crippen LogP contribution >= 0.6 is 23.2 Å². The van der Waals surface area contributed by atoms with Gasteiger partial charge in [0, 0.05) is 7.05 Å². The average molecular weight is 316 g/mol. The summed E-state index contributed by atoms with van der Waals surface area (Å²) in [5.74, 6) is -0.00524. The molecule has 1 aromatic carbocycles. The summed E-state index contributed by atoms with van der Waals surface area (Å²) in [4.78, 5) is 14.0. The number of hydrogen-bond acceptors (Lipinski definition) is 2. The Hall–Kier alpha value is -0.770. The topological polar surface area (TPSA) is 40.5 Å². The fraction of sp³-hybridized carbons (Fsp3) is 0.533. The lowest BCUT2D eigenvalue weighted by molar-refractivity contribution is -0.134. The molecule has 0 bridgehead atoms. The van der Waals surface area contributed by atoms with E-state index < -0.39 is 6.10 Å². The molecule has 0 saturated heterocycles. The SMILES string of the molecule is CN(C(=O)Cc1ccc(Cl)c(Cl)c1)C1CCCCC1O. The zero-order valence-corrected chi connectivity index (χ0v) is 13.0. The predicted octanol–water partition coefficient (Wildman–Crippen LogP) is 3.30. The van der Waals surface area contributed by atoms with Gasteiger partial charge in [0.05, 0.1) is 28.6 Å². The van der Waals surface area contributed by atoms with Crippen molar-refractivity contribution in [3.05, 3.63) is 33.8 Å². The summed E-state index contributed by atoms with van der Waals surface area (Å²) < 4.78 is 0.